The van der Waals surface area contributed by atoms with Crippen molar-refractivity contribution in [3.05, 3.63) is 89.2 Å². The van der Waals surface area contributed by atoms with Crippen LogP contribution in [0.4, 0.5) is 0 Å². The fourth-order valence-electron chi connectivity index (χ4n) is 2.29. The highest BCUT2D eigenvalue weighted by Crippen LogP contribution is 2.21. The largest absolute Gasteiger partial charge is 0.317 e. The molecular weight excluding hydrogens is 292 g/mol. The summed E-state index contributed by atoms with van der Waals surface area (Å²) in [7, 11) is 0. The second kappa shape index (κ2) is 6.34. The summed E-state index contributed by atoms with van der Waals surface area (Å²) in [5.74, 6) is 0. The van der Waals surface area contributed by atoms with Crippen molar-refractivity contribution in [2.75, 3.05) is 0 Å². The van der Waals surface area contributed by atoms with Gasteiger partial charge in [0.25, 0.3) is 0 Å². The first-order chi connectivity index (χ1) is 10.8. The zero-order chi connectivity index (χ0) is 15.4. The molecule has 106 valence electrons. The molecule has 1 aromatic heterocycles. The monoisotopic (exact) mass is 304 g/mol. The van der Waals surface area contributed by atoms with Gasteiger partial charge in [0.2, 0.25) is 0 Å². The number of benzene rings is 2. The first-order valence-corrected chi connectivity index (χ1v) is 7.26. The molecule has 0 N–H and O–H groups in total. The molecule has 3 aromatic rings. The van der Waals surface area contributed by atoms with Crippen molar-refractivity contribution >= 4 is 23.3 Å². The predicted molar refractivity (Wildman–Crippen MR) is 90.7 cm³/mol. The normalized spacial score (nSPS) is 11.2. The van der Waals surface area contributed by atoms with Gasteiger partial charge in [-0.25, -0.2) is 0 Å². The number of nitriles is 1. The SMILES string of the molecule is N#C/C(=C\c1cccn1-c1ccc(Cl)cc1)c1ccccc1. The van der Waals surface area contributed by atoms with Gasteiger partial charge in [0.1, 0.15) is 0 Å². The van der Waals surface area contributed by atoms with Crippen molar-refractivity contribution in [2.24, 2.45) is 0 Å². The summed E-state index contributed by atoms with van der Waals surface area (Å²) in [6.45, 7) is 0. The van der Waals surface area contributed by atoms with E-state index in [0.29, 0.717) is 10.6 Å². The van der Waals surface area contributed by atoms with Gasteiger partial charge in [0, 0.05) is 22.6 Å². The second-order valence-corrected chi connectivity index (χ2v) is 5.25. The van der Waals surface area contributed by atoms with Crippen LogP contribution in [0.3, 0.4) is 0 Å². The molecule has 0 aliphatic rings. The number of allylic oxidation sites excluding steroid dienone is 1. The van der Waals surface area contributed by atoms with E-state index in [1.54, 1.807) is 0 Å². The van der Waals surface area contributed by atoms with Crippen molar-refractivity contribution in [1.29, 1.82) is 5.26 Å². The topological polar surface area (TPSA) is 28.7 Å². The quantitative estimate of drug-likeness (QED) is 0.612. The van der Waals surface area contributed by atoms with Crippen molar-refractivity contribution in [3.8, 4) is 11.8 Å². The second-order valence-electron chi connectivity index (χ2n) is 4.82. The van der Waals surface area contributed by atoms with Crippen LogP contribution in [0, 0.1) is 11.3 Å². The molecule has 0 aliphatic carbocycles. The maximum Gasteiger partial charge on any atom is 0.0998 e. The van der Waals surface area contributed by atoms with Gasteiger partial charge in [-0.15, -0.1) is 0 Å². The molecular formula is C19H13ClN2. The Kier molecular flexibility index (Phi) is 4.09. The molecule has 2 aromatic carbocycles. The van der Waals surface area contributed by atoms with E-state index in [4.69, 9.17) is 11.6 Å². The summed E-state index contributed by atoms with van der Waals surface area (Å²) < 4.78 is 2.02. The van der Waals surface area contributed by atoms with Gasteiger partial charge in [-0.2, -0.15) is 5.26 Å². The highest BCUT2D eigenvalue weighted by molar-refractivity contribution is 6.30. The Hall–Kier alpha value is -2.76. The zero-order valence-electron chi connectivity index (χ0n) is 11.8. The average Bonchev–Trinajstić information content (AvgIpc) is 3.02. The molecule has 0 amide bonds. The third kappa shape index (κ3) is 2.95. The van der Waals surface area contributed by atoms with E-state index >= 15 is 0 Å². The Morgan fingerprint density at radius 3 is 2.36 bits per heavy atom. The van der Waals surface area contributed by atoms with E-state index in [0.717, 1.165) is 16.9 Å². The zero-order valence-corrected chi connectivity index (χ0v) is 12.5. The smallest absolute Gasteiger partial charge is 0.0998 e. The molecule has 0 saturated carbocycles. The maximum atomic E-state index is 9.43. The van der Waals surface area contributed by atoms with Crippen molar-refractivity contribution in [1.82, 2.24) is 4.57 Å². The third-order valence-electron chi connectivity index (χ3n) is 3.38. The van der Waals surface area contributed by atoms with E-state index in [1.165, 1.54) is 0 Å². The first-order valence-electron chi connectivity index (χ1n) is 6.88. The van der Waals surface area contributed by atoms with Crippen LogP contribution in [0.25, 0.3) is 17.3 Å². The fourth-order valence-corrected chi connectivity index (χ4v) is 2.42. The fraction of sp³-hybridized carbons (Fsp3) is 0. The molecule has 0 unspecified atom stereocenters. The van der Waals surface area contributed by atoms with Crippen LogP contribution in [-0.4, -0.2) is 4.57 Å². The molecule has 0 atom stereocenters. The number of aromatic nitrogens is 1. The van der Waals surface area contributed by atoms with Crippen LogP contribution in [0.1, 0.15) is 11.3 Å². The van der Waals surface area contributed by atoms with E-state index in [9.17, 15) is 5.26 Å². The highest BCUT2D eigenvalue weighted by Gasteiger charge is 2.05. The standard InChI is InChI=1S/C19H13ClN2/c20-17-8-10-18(11-9-17)22-12-4-7-19(22)13-16(14-21)15-5-2-1-3-6-15/h1-13H/b16-13+. The summed E-state index contributed by atoms with van der Waals surface area (Å²) in [5.41, 5.74) is 3.50. The van der Waals surface area contributed by atoms with E-state index < -0.39 is 0 Å². The Bertz CT molecular complexity index is 837. The molecule has 3 rings (SSSR count). The average molecular weight is 305 g/mol. The number of nitrogens with zero attached hydrogens (tertiary/aromatic N) is 2. The van der Waals surface area contributed by atoms with Gasteiger partial charge >= 0.3 is 0 Å². The molecule has 1 heterocycles. The van der Waals surface area contributed by atoms with E-state index in [1.807, 2.05) is 83.6 Å². The minimum absolute atomic E-state index is 0.634. The number of rotatable bonds is 3. The molecule has 0 spiro atoms. The highest BCUT2D eigenvalue weighted by atomic mass is 35.5. The Morgan fingerprint density at radius 2 is 1.68 bits per heavy atom. The third-order valence-corrected chi connectivity index (χ3v) is 3.63. The van der Waals surface area contributed by atoms with Crippen molar-refractivity contribution < 1.29 is 0 Å². The lowest BCUT2D eigenvalue weighted by Gasteiger charge is -2.07. The molecule has 0 aliphatic heterocycles. The summed E-state index contributed by atoms with van der Waals surface area (Å²) >= 11 is 5.94. The molecule has 3 heteroatoms. The van der Waals surface area contributed by atoms with Crippen LogP contribution in [0.15, 0.2) is 72.9 Å². The van der Waals surface area contributed by atoms with Crippen LogP contribution < -0.4 is 0 Å². The molecule has 0 radical (unpaired) electrons. The van der Waals surface area contributed by atoms with Gasteiger partial charge in [0.15, 0.2) is 0 Å². The molecule has 0 bridgehead atoms. The van der Waals surface area contributed by atoms with Crippen molar-refractivity contribution in [3.63, 3.8) is 0 Å². The van der Waals surface area contributed by atoms with Gasteiger partial charge in [-0.05, 0) is 48.0 Å². The van der Waals surface area contributed by atoms with Crippen LogP contribution in [-0.2, 0) is 0 Å². The van der Waals surface area contributed by atoms with Crippen LogP contribution in [0.5, 0.6) is 0 Å². The lowest BCUT2D eigenvalue weighted by atomic mass is 10.1. The lowest BCUT2D eigenvalue weighted by molar-refractivity contribution is 1.06. The summed E-state index contributed by atoms with van der Waals surface area (Å²) in [6, 6.07) is 23.5. The van der Waals surface area contributed by atoms with Gasteiger partial charge < -0.3 is 4.57 Å². The molecule has 0 fully saturated rings. The maximum absolute atomic E-state index is 9.43. The molecule has 0 saturated heterocycles. The number of hydrogen-bond acceptors (Lipinski definition) is 1. The molecule has 22 heavy (non-hydrogen) atoms. The molecule has 2 nitrogen and oxygen atoms in total. The summed E-state index contributed by atoms with van der Waals surface area (Å²) in [4.78, 5) is 0. The Balaban J connectivity index is 2.03. The van der Waals surface area contributed by atoms with E-state index in [-0.39, 0.29) is 0 Å². The number of hydrogen-bond donors (Lipinski definition) is 0. The number of halogens is 1. The lowest BCUT2D eigenvalue weighted by Crippen LogP contribution is -1.94. The summed E-state index contributed by atoms with van der Waals surface area (Å²) in [6.07, 6.45) is 3.86. The Morgan fingerprint density at radius 1 is 0.955 bits per heavy atom. The minimum atomic E-state index is 0.634. The summed E-state index contributed by atoms with van der Waals surface area (Å²) in [5, 5.41) is 10.1. The van der Waals surface area contributed by atoms with Gasteiger partial charge in [-0.3, -0.25) is 0 Å². The van der Waals surface area contributed by atoms with Gasteiger partial charge in [0.05, 0.1) is 11.6 Å². The Labute approximate surface area is 134 Å². The first kappa shape index (κ1) is 14.2. The minimum Gasteiger partial charge on any atom is -0.317 e. The predicted octanol–water partition coefficient (Wildman–Crippen LogP) is 5.19. The van der Waals surface area contributed by atoms with Crippen LogP contribution in [0.2, 0.25) is 5.02 Å². The van der Waals surface area contributed by atoms with Crippen molar-refractivity contribution in [2.45, 2.75) is 0 Å². The van der Waals surface area contributed by atoms with E-state index in [2.05, 4.69) is 6.07 Å². The van der Waals surface area contributed by atoms with Crippen LogP contribution >= 0.6 is 11.6 Å². The van der Waals surface area contributed by atoms with Gasteiger partial charge in [-0.1, -0.05) is 41.9 Å².